The lowest BCUT2D eigenvalue weighted by molar-refractivity contribution is -0.0245. The Morgan fingerprint density at radius 2 is 2.10 bits per heavy atom. The van der Waals surface area contributed by atoms with Crippen LogP contribution >= 0.6 is 0 Å². The highest BCUT2D eigenvalue weighted by Gasteiger charge is 2.28. The average Bonchev–Trinajstić information content (AvgIpc) is 3.29. The molecule has 31 heavy (non-hydrogen) atoms. The summed E-state index contributed by atoms with van der Waals surface area (Å²) in [7, 11) is 1.59. The maximum Gasteiger partial charge on any atom is 0.255 e. The Morgan fingerprint density at radius 1 is 1.16 bits per heavy atom. The van der Waals surface area contributed by atoms with Crippen LogP contribution in [0, 0.1) is 0 Å². The Morgan fingerprint density at radius 3 is 2.87 bits per heavy atom. The number of pyridine rings is 3. The SMILES string of the molecule is COc1ccc(-c2cccc3nc([C@H]4CN(C(=O)c5cccnc5)CCO4)cn23)cn1. The molecule has 0 aliphatic carbocycles. The number of rotatable bonds is 4. The van der Waals surface area contributed by atoms with Gasteiger partial charge in [0.05, 0.1) is 37.2 Å². The normalized spacial score (nSPS) is 16.4. The molecule has 0 aromatic carbocycles. The summed E-state index contributed by atoms with van der Waals surface area (Å²) in [5, 5.41) is 0. The van der Waals surface area contributed by atoms with Crippen molar-refractivity contribution in [3.05, 3.63) is 78.5 Å². The van der Waals surface area contributed by atoms with E-state index in [9.17, 15) is 4.79 Å². The van der Waals surface area contributed by atoms with Crippen molar-refractivity contribution in [1.82, 2.24) is 24.3 Å². The quantitative estimate of drug-likeness (QED) is 0.510. The number of hydrogen-bond donors (Lipinski definition) is 0. The van der Waals surface area contributed by atoms with E-state index in [4.69, 9.17) is 14.5 Å². The maximum absolute atomic E-state index is 12.8. The Hall–Kier alpha value is -3.78. The molecule has 0 unspecified atom stereocenters. The van der Waals surface area contributed by atoms with Crippen LogP contribution in [0.3, 0.4) is 0 Å². The van der Waals surface area contributed by atoms with Crippen LogP contribution in [0.4, 0.5) is 0 Å². The second-order valence-corrected chi connectivity index (χ2v) is 7.25. The summed E-state index contributed by atoms with van der Waals surface area (Å²) in [4.78, 5) is 27.7. The van der Waals surface area contributed by atoms with Crippen LogP contribution < -0.4 is 4.74 Å². The third-order valence-electron chi connectivity index (χ3n) is 5.34. The number of aromatic nitrogens is 4. The van der Waals surface area contributed by atoms with Crippen LogP contribution in [0.25, 0.3) is 16.9 Å². The smallest absolute Gasteiger partial charge is 0.255 e. The molecule has 1 saturated heterocycles. The highest BCUT2D eigenvalue weighted by Crippen LogP contribution is 2.27. The van der Waals surface area contributed by atoms with E-state index in [1.54, 1.807) is 42.7 Å². The lowest BCUT2D eigenvalue weighted by Gasteiger charge is -2.32. The van der Waals surface area contributed by atoms with Gasteiger partial charge in [-0.2, -0.15) is 0 Å². The van der Waals surface area contributed by atoms with Crippen molar-refractivity contribution in [3.8, 4) is 17.1 Å². The fraction of sp³-hybridized carbons (Fsp3) is 0.217. The number of fused-ring (bicyclic) bond motifs is 1. The van der Waals surface area contributed by atoms with Crippen LogP contribution in [-0.4, -0.2) is 57.0 Å². The molecule has 1 atom stereocenters. The zero-order valence-electron chi connectivity index (χ0n) is 17.0. The molecule has 5 rings (SSSR count). The van der Waals surface area contributed by atoms with Gasteiger partial charge in [-0.3, -0.25) is 14.2 Å². The fourth-order valence-electron chi connectivity index (χ4n) is 3.76. The monoisotopic (exact) mass is 415 g/mol. The molecule has 0 N–H and O–H groups in total. The standard InChI is InChI=1S/C23H21N5O3/c1-30-22-8-7-16(13-25-22)19-5-2-6-21-26-18(14-28(19)21)20-15-27(10-11-31-20)23(29)17-4-3-9-24-12-17/h2-9,12-14,20H,10-11,15H2,1H3/t20-/m1/s1. The first-order chi connectivity index (χ1) is 15.2. The molecule has 4 aromatic heterocycles. The number of methoxy groups -OCH3 is 1. The van der Waals surface area contributed by atoms with Gasteiger partial charge in [0.25, 0.3) is 5.91 Å². The minimum atomic E-state index is -0.295. The molecule has 156 valence electrons. The van der Waals surface area contributed by atoms with E-state index >= 15 is 0 Å². The van der Waals surface area contributed by atoms with Gasteiger partial charge in [-0.05, 0) is 30.3 Å². The van der Waals surface area contributed by atoms with E-state index in [1.165, 1.54) is 0 Å². The molecule has 4 aromatic rings. The third kappa shape index (κ3) is 3.73. The maximum atomic E-state index is 12.8. The largest absolute Gasteiger partial charge is 0.481 e. The highest BCUT2D eigenvalue weighted by atomic mass is 16.5. The van der Waals surface area contributed by atoms with E-state index in [2.05, 4.69) is 9.97 Å². The summed E-state index contributed by atoms with van der Waals surface area (Å²) in [5.74, 6) is 0.520. The second-order valence-electron chi connectivity index (χ2n) is 7.25. The van der Waals surface area contributed by atoms with Gasteiger partial charge in [0, 0.05) is 43.0 Å². The van der Waals surface area contributed by atoms with Gasteiger partial charge in [0.1, 0.15) is 11.8 Å². The molecule has 1 amide bonds. The molecule has 5 heterocycles. The first kappa shape index (κ1) is 19.2. The van der Waals surface area contributed by atoms with E-state index in [1.807, 2.05) is 40.9 Å². The van der Waals surface area contributed by atoms with Crippen molar-refractivity contribution in [2.24, 2.45) is 0 Å². The lowest BCUT2D eigenvalue weighted by atomic mass is 10.1. The van der Waals surface area contributed by atoms with Crippen molar-refractivity contribution >= 4 is 11.6 Å². The van der Waals surface area contributed by atoms with E-state index in [0.717, 1.165) is 22.6 Å². The van der Waals surface area contributed by atoms with E-state index in [0.29, 0.717) is 31.1 Å². The summed E-state index contributed by atoms with van der Waals surface area (Å²) in [6.45, 7) is 1.44. The number of imidazole rings is 1. The predicted molar refractivity (Wildman–Crippen MR) is 114 cm³/mol. The Labute approximate surface area is 179 Å². The number of carbonyl (C=O) groups excluding carboxylic acids is 1. The topological polar surface area (TPSA) is 81.8 Å². The van der Waals surface area contributed by atoms with Gasteiger partial charge in [-0.25, -0.2) is 9.97 Å². The molecule has 0 saturated carbocycles. The summed E-state index contributed by atoms with van der Waals surface area (Å²) in [6.07, 6.45) is 6.70. The molecule has 0 spiro atoms. The van der Waals surface area contributed by atoms with Gasteiger partial charge >= 0.3 is 0 Å². The molecule has 1 aliphatic heterocycles. The summed E-state index contributed by atoms with van der Waals surface area (Å²) in [6, 6.07) is 13.3. The van der Waals surface area contributed by atoms with Crippen molar-refractivity contribution in [1.29, 1.82) is 0 Å². The molecule has 1 fully saturated rings. The Kier molecular flexibility index (Phi) is 5.05. The molecular weight excluding hydrogens is 394 g/mol. The molecule has 8 nitrogen and oxygen atoms in total. The van der Waals surface area contributed by atoms with Crippen molar-refractivity contribution < 1.29 is 14.3 Å². The Balaban J connectivity index is 1.43. The number of hydrogen-bond acceptors (Lipinski definition) is 6. The number of amides is 1. The zero-order valence-corrected chi connectivity index (χ0v) is 17.0. The molecule has 0 bridgehead atoms. The third-order valence-corrected chi connectivity index (χ3v) is 5.34. The zero-order chi connectivity index (χ0) is 21.2. The fourth-order valence-corrected chi connectivity index (χ4v) is 3.76. The van der Waals surface area contributed by atoms with Crippen LogP contribution in [0.2, 0.25) is 0 Å². The van der Waals surface area contributed by atoms with Crippen molar-refractivity contribution in [2.45, 2.75) is 6.10 Å². The van der Waals surface area contributed by atoms with Crippen LogP contribution in [0.5, 0.6) is 5.88 Å². The summed E-state index contributed by atoms with van der Waals surface area (Å²) >= 11 is 0. The van der Waals surface area contributed by atoms with Gasteiger partial charge < -0.3 is 14.4 Å². The minimum Gasteiger partial charge on any atom is -0.481 e. The van der Waals surface area contributed by atoms with Crippen LogP contribution in [0.15, 0.2) is 67.3 Å². The highest BCUT2D eigenvalue weighted by molar-refractivity contribution is 5.94. The van der Waals surface area contributed by atoms with E-state index < -0.39 is 0 Å². The number of nitrogens with zero attached hydrogens (tertiary/aromatic N) is 5. The Bertz CT molecular complexity index is 1210. The second kappa shape index (κ2) is 8.16. The summed E-state index contributed by atoms with van der Waals surface area (Å²) in [5.41, 5.74) is 4.09. The lowest BCUT2D eigenvalue weighted by Crippen LogP contribution is -2.42. The van der Waals surface area contributed by atoms with Gasteiger partial charge in [-0.1, -0.05) is 6.07 Å². The first-order valence-corrected chi connectivity index (χ1v) is 10.0. The van der Waals surface area contributed by atoms with Crippen LogP contribution in [0.1, 0.15) is 22.2 Å². The number of morpholine rings is 1. The molecular formula is C23H21N5O3. The van der Waals surface area contributed by atoms with Crippen molar-refractivity contribution in [3.63, 3.8) is 0 Å². The van der Waals surface area contributed by atoms with Gasteiger partial charge in [-0.15, -0.1) is 0 Å². The van der Waals surface area contributed by atoms with E-state index in [-0.39, 0.29) is 12.0 Å². The first-order valence-electron chi connectivity index (χ1n) is 10.0. The van der Waals surface area contributed by atoms with Gasteiger partial charge in [0.15, 0.2) is 0 Å². The molecule has 8 heteroatoms. The van der Waals surface area contributed by atoms with Crippen LogP contribution in [-0.2, 0) is 4.74 Å². The number of carbonyl (C=O) groups is 1. The molecule has 0 radical (unpaired) electrons. The predicted octanol–water partition coefficient (Wildman–Crippen LogP) is 3.01. The number of ether oxygens (including phenoxy) is 2. The summed E-state index contributed by atoms with van der Waals surface area (Å²) < 4.78 is 13.1. The minimum absolute atomic E-state index is 0.0461. The average molecular weight is 415 g/mol. The van der Waals surface area contributed by atoms with Gasteiger partial charge in [0.2, 0.25) is 5.88 Å². The van der Waals surface area contributed by atoms with Crippen molar-refractivity contribution in [2.75, 3.05) is 26.8 Å². The molecule has 1 aliphatic rings.